The Kier molecular flexibility index (Phi) is 7.65. The van der Waals surface area contributed by atoms with Gasteiger partial charge in [-0.3, -0.25) is 9.78 Å². The Balaban J connectivity index is 1.13. The number of nitrogens with one attached hydrogen (secondary N) is 1. The highest BCUT2D eigenvalue weighted by molar-refractivity contribution is 5.75. The summed E-state index contributed by atoms with van der Waals surface area (Å²) in [5, 5.41) is 11.4. The van der Waals surface area contributed by atoms with Crippen molar-refractivity contribution in [3.63, 3.8) is 0 Å². The molecule has 2 aromatic heterocycles. The molecule has 0 aliphatic heterocycles. The van der Waals surface area contributed by atoms with Gasteiger partial charge in [0, 0.05) is 31.3 Å². The predicted octanol–water partition coefficient (Wildman–Crippen LogP) is 4.39. The first-order valence-corrected chi connectivity index (χ1v) is 11.7. The molecule has 0 saturated heterocycles. The maximum absolute atomic E-state index is 12.2. The standard InChI is InChI=1S/C25H31N5O3/c1-17-5-3-6-22(18(17)2)32-14-4-7-23(31)28-15-19-8-10-20(11-9-19)24-29-30-25(33-24)21-16-26-12-13-27-21/h3,5-6,12-13,16,19-20H,4,7-11,14-15H2,1-2H3,(H,28,31). The highest BCUT2D eigenvalue weighted by atomic mass is 16.5. The molecule has 1 fully saturated rings. The molecular weight excluding hydrogens is 418 g/mol. The average molecular weight is 450 g/mol. The fraction of sp³-hybridized carbons (Fsp3) is 0.480. The van der Waals surface area contributed by atoms with Crippen LogP contribution in [0.1, 0.15) is 61.5 Å². The molecular formula is C25H31N5O3. The summed E-state index contributed by atoms with van der Waals surface area (Å²) in [6, 6.07) is 6.04. The second-order valence-electron chi connectivity index (χ2n) is 8.71. The molecule has 1 aliphatic rings. The summed E-state index contributed by atoms with van der Waals surface area (Å²) in [5.74, 6) is 2.82. The van der Waals surface area contributed by atoms with Gasteiger partial charge in [-0.2, -0.15) is 0 Å². The van der Waals surface area contributed by atoms with Crippen molar-refractivity contribution in [1.29, 1.82) is 0 Å². The lowest BCUT2D eigenvalue weighted by molar-refractivity contribution is -0.121. The predicted molar refractivity (Wildman–Crippen MR) is 124 cm³/mol. The zero-order chi connectivity index (χ0) is 23.0. The van der Waals surface area contributed by atoms with Crippen molar-refractivity contribution < 1.29 is 13.9 Å². The molecule has 33 heavy (non-hydrogen) atoms. The number of nitrogens with zero attached hydrogens (tertiary/aromatic N) is 4. The molecule has 1 aromatic carbocycles. The summed E-state index contributed by atoms with van der Waals surface area (Å²) in [5.41, 5.74) is 2.96. The van der Waals surface area contributed by atoms with Crippen LogP contribution in [0.25, 0.3) is 11.6 Å². The Labute approximate surface area is 194 Å². The monoisotopic (exact) mass is 449 g/mol. The zero-order valence-electron chi connectivity index (χ0n) is 19.3. The zero-order valence-corrected chi connectivity index (χ0v) is 19.3. The Bertz CT molecular complexity index is 1050. The van der Waals surface area contributed by atoms with Gasteiger partial charge in [-0.05, 0) is 69.1 Å². The normalized spacial score (nSPS) is 18.1. The van der Waals surface area contributed by atoms with Crippen molar-refractivity contribution in [3.8, 4) is 17.3 Å². The summed E-state index contributed by atoms with van der Waals surface area (Å²) >= 11 is 0. The number of carbonyl (C=O) groups is 1. The molecule has 8 nitrogen and oxygen atoms in total. The van der Waals surface area contributed by atoms with E-state index in [0.29, 0.717) is 42.8 Å². The third-order valence-electron chi connectivity index (χ3n) is 6.37. The van der Waals surface area contributed by atoms with Gasteiger partial charge in [0.1, 0.15) is 11.4 Å². The molecule has 1 saturated carbocycles. The number of carbonyl (C=O) groups excluding carboxylic acids is 1. The van der Waals surface area contributed by atoms with Gasteiger partial charge in [0.15, 0.2) is 0 Å². The van der Waals surface area contributed by atoms with Gasteiger partial charge in [0.25, 0.3) is 5.89 Å². The van der Waals surface area contributed by atoms with Gasteiger partial charge in [-0.25, -0.2) is 4.98 Å². The van der Waals surface area contributed by atoms with E-state index in [-0.39, 0.29) is 11.8 Å². The van der Waals surface area contributed by atoms with E-state index in [1.165, 1.54) is 5.56 Å². The minimum absolute atomic E-state index is 0.0900. The maximum atomic E-state index is 12.2. The SMILES string of the molecule is Cc1cccc(OCCCC(=O)NCC2CCC(c3nnc(-c4cnccn4)o3)CC2)c1C. The van der Waals surface area contributed by atoms with Crippen LogP contribution in [0.15, 0.2) is 41.2 Å². The number of benzene rings is 1. The molecule has 0 spiro atoms. The molecule has 4 rings (SSSR count). The van der Waals surface area contributed by atoms with Crippen molar-refractivity contribution >= 4 is 5.91 Å². The van der Waals surface area contributed by atoms with Crippen LogP contribution >= 0.6 is 0 Å². The van der Waals surface area contributed by atoms with Crippen molar-refractivity contribution in [2.24, 2.45) is 5.92 Å². The number of aromatic nitrogens is 4. The molecule has 8 heteroatoms. The van der Waals surface area contributed by atoms with E-state index in [2.05, 4.69) is 45.4 Å². The van der Waals surface area contributed by atoms with E-state index < -0.39 is 0 Å². The molecule has 174 valence electrons. The minimum Gasteiger partial charge on any atom is -0.493 e. The third-order valence-corrected chi connectivity index (χ3v) is 6.37. The van der Waals surface area contributed by atoms with Crippen LogP contribution in [-0.2, 0) is 4.79 Å². The van der Waals surface area contributed by atoms with E-state index in [1.54, 1.807) is 18.6 Å². The Morgan fingerprint density at radius 2 is 2.00 bits per heavy atom. The fourth-order valence-electron chi connectivity index (χ4n) is 4.17. The quantitative estimate of drug-likeness (QED) is 0.483. The summed E-state index contributed by atoms with van der Waals surface area (Å²) < 4.78 is 11.7. The topological polar surface area (TPSA) is 103 Å². The fourth-order valence-corrected chi connectivity index (χ4v) is 4.17. The van der Waals surface area contributed by atoms with Crippen molar-refractivity contribution in [3.05, 3.63) is 53.8 Å². The van der Waals surface area contributed by atoms with Crippen LogP contribution in [0, 0.1) is 19.8 Å². The van der Waals surface area contributed by atoms with Crippen molar-refractivity contribution in [2.45, 2.75) is 58.3 Å². The smallest absolute Gasteiger partial charge is 0.267 e. The number of ether oxygens (including phenoxy) is 1. The Hall–Kier alpha value is -3.29. The number of hydrogen-bond acceptors (Lipinski definition) is 7. The minimum atomic E-state index is 0.0900. The summed E-state index contributed by atoms with van der Waals surface area (Å²) in [6.45, 7) is 5.39. The van der Waals surface area contributed by atoms with E-state index in [0.717, 1.165) is 43.5 Å². The molecule has 2 heterocycles. The van der Waals surface area contributed by atoms with Gasteiger partial charge in [-0.15, -0.1) is 10.2 Å². The molecule has 1 aliphatic carbocycles. The van der Waals surface area contributed by atoms with Crippen LogP contribution in [0.3, 0.4) is 0 Å². The van der Waals surface area contributed by atoms with E-state index in [9.17, 15) is 4.79 Å². The summed E-state index contributed by atoms with van der Waals surface area (Å²) in [4.78, 5) is 20.5. The molecule has 0 bridgehead atoms. The van der Waals surface area contributed by atoms with E-state index in [4.69, 9.17) is 9.15 Å². The van der Waals surface area contributed by atoms with Crippen LogP contribution < -0.4 is 10.1 Å². The van der Waals surface area contributed by atoms with E-state index >= 15 is 0 Å². The first-order chi connectivity index (χ1) is 16.1. The lowest BCUT2D eigenvalue weighted by atomic mass is 9.82. The van der Waals surface area contributed by atoms with Gasteiger partial charge in [-0.1, -0.05) is 12.1 Å². The first kappa shape index (κ1) is 22.9. The Morgan fingerprint density at radius 1 is 1.15 bits per heavy atom. The van der Waals surface area contributed by atoms with Gasteiger partial charge < -0.3 is 14.5 Å². The highest BCUT2D eigenvalue weighted by Crippen LogP contribution is 2.35. The van der Waals surface area contributed by atoms with Crippen LogP contribution in [0.4, 0.5) is 0 Å². The highest BCUT2D eigenvalue weighted by Gasteiger charge is 2.27. The van der Waals surface area contributed by atoms with Crippen molar-refractivity contribution in [2.75, 3.05) is 13.2 Å². The lowest BCUT2D eigenvalue weighted by Crippen LogP contribution is -2.31. The molecule has 3 aromatic rings. The maximum Gasteiger partial charge on any atom is 0.267 e. The molecule has 0 unspecified atom stereocenters. The number of amides is 1. The summed E-state index contributed by atoms with van der Waals surface area (Å²) in [6.07, 6.45) is 10.0. The van der Waals surface area contributed by atoms with Gasteiger partial charge in [0.2, 0.25) is 11.8 Å². The molecule has 0 radical (unpaired) electrons. The first-order valence-electron chi connectivity index (χ1n) is 11.7. The second-order valence-corrected chi connectivity index (χ2v) is 8.71. The molecule has 1 N–H and O–H groups in total. The number of rotatable bonds is 9. The van der Waals surface area contributed by atoms with Crippen LogP contribution in [-0.4, -0.2) is 39.2 Å². The van der Waals surface area contributed by atoms with Crippen LogP contribution in [0.5, 0.6) is 5.75 Å². The van der Waals surface area contributed by atoms with Gasteiger partial charge >= 0.3 is 0 Å². The second kappa shape index (κ2) is 11.0. The number of hydrogen-bond donors (Lipinski definition) is 1. The Morgan fingerprint density at radius 3 is 2.79 bits per heavy atom. The van der Waals surface area contributed by atoms with Gasteiger partial charge in [0.05, 0.1) is 12.8 Å². The summed E-state index contributed by atoms with van der Waals surface area (Å²) in [7, 11) is 0. The number of aryl methyl sites for hydroxylation is 1. The van der Waals surface area contributed by atoms with E-state index in [1.807, 2.05) is 12.1 Å². The largest absolute Gasteiger partial charge is 0.493 e. The van der Waals surface area contributed by atoms with Crippen LogP contribution in [0.2, 0.25) is 0 Å². The molecule has 0 atom stereocenters. The third kappa shape index (κ3) is 6.15. The average Bonchev–Trinajstić information content (AvgIpc) is 3.34. The molecule has 1 amide bonds. The lowest BCUT2D eigenvalue weighted by Gasteiger charge is -2.26. The van der Waals surface area contributed by atoms with Crippen molar-refractivity contribution in [1.82, 2.24) is 25.5 Å².